The van der Waals surface area contributed by atoms with Gasteiger partial charge in [-0.3, -0.25) is 9.89 Å². The summed E-state index contributed by atoms with van der Waals surface area (Å²) in [5, 5.41) is 19.5. The van der Waals surface area contributed by atoms with E-state index in [4.69, 9.17) is 21.4 Å². The predicted octanol–water partition coefficient (Wildman–Crippen LogP) is 2.25. The number of amides is 1. The lowest BCUT2D eigenvalue weighted by molar-refractivity contribution is 0.0721. The highest BCUT2D eigenvalue weighted by Gasteiger charge is 2.27. The molecule has 0 aliphatic carbocycles. The van der Waals surface area contributed by atoms with Gasteiger partial charge >= 0.3 is 0 Å². The van der Waals surface area contributed by atoms with Crippen molar-refractivity contribution in [3.8, 4) is 11.3 Å². The highest BCUT2D eigenvalue weighted by Crippen LogP contribution is 2.20. The SMILES string of the molecule is COCC(C)(CCO)NC(=O)c1cc(-c2ccc(Cl)cc2)n[nH]1. The molecule has 1 aromatic heterocycles. The van der Waals surface area contributed by atoms with E-state index in [1.54, 1.807) is 25.3 Å². The molecule has 1 unspecified atom stereocenters. The van der Waals surface area contributed by atoms with Gasteiger partial charge in [0.1, 0.15) is 5.69 Å². The fourth-order valence-corrected chi connectivity index (χ4v) is 2.41. The number of benzene rings is 1. The van der Waals surface area contributed by atoms with Crippen LogP contribution in [0.1, 0.15) is 23.8 Å². The van der Waals surface area contributed by atoms with Crippen molar-refractivity contribution < 1.29 is 14.6 Å². The minimum atomic E-state index is -0.647. The Kier molecular flexibility index (Phi) is 5.76. The number of carbonyl (C=O) groups is 1. The molecule has 0 aliphatic rings. The Labute approximate surface area is 139 Å². The first-order valence-corrected chi connectivity index (χ1v) is 7.59. The first-order chi connectivity index (χ1) is 11.0. The number of aliphatic hydroxyl groups excluding tert-OH is 1. The zero-order chi connectivity index (χ0) is 16.9. The number of carbonyl (C=O) groups excluding carboxylic acids is 1. The van der Waals surface area contributed by atoms with Crippen molar-refractivity contribution >= 4 is 17.5 Å². The number of ether oxygens (including phenoxy) is 1. The van der Waals surface area contributed by atoms with E-state index < -0.39 is 5.54 Å². The third-order valence-corrected chi connectivity index (χ3v) is 3.76. The van der Waals surface area contributed by atoms with Crippen molar-refractivity contribution in [1.82, 2.24) is 15.5 Å². The van der Waals surface area contributed by atoms with Gasteiger partial charge in [0.2, 0.25) is 0 Å². The lowest BCUT2D eigenvalue weighted by Gasteiger charge is -2.29. The van der Waals surface area contributed by atoms with Gasteiger partial charge in [-0.05, 0) is 31.5 Å². The molecule has 7 heteroatoms. The van der Waals surface area contributed by atoms with Gasteiger partial charge in [0.05, 0.1) is 17.8 Å². The minimum Gasteiger partial charge on any atom is -0.396 e. The van der Waals surface area contributed by atoms with Crippen LogP contribution in [0, 0.1) is 0 Å². The molecule has 0 saturated heterocycles. The van der Waals surface area contributed by atoms with E-state index >= 15 is 0 Å². The summed E-state index contributed by atoms with van der Waals surface area (Å²) in [7, 11) is 1.55. The smallest absolute Gasteiger partial charge is 0.269 e. The summed E-state index contributed by atoms with van der Waals surface area (Å²) in [6.45, 7) is 2.08. The molecule has 0 spiro atoms. The number of aromatic nitrogens is 2. The van der Waals surface area contributed by atoms with Gasteiger partial charge in [0.25, 0.3) is 5.91 Å². The van der Waals surface area contributed by atoms with Crippen molar-refractivity contribution in [2.24, 2.45) is 0 Å². The number of H-pyrrole nitrogens is 1. The van der Waals surface area contributed by atoms with Crippen LogP contribution in [0.4, 0.5) is 0 Å². The number of hydrogen-bond acceptors (Lipinski definition) is 4. The molecule has 2 rings (SSSR count). The number of rotatable bonds is 7. The molecular weight excluding hydrogens is 318 g/mol. The lowest BCUT2D eigenvalue weighted by atomic mass is 9.99. The van der Waals surface area contributed by atoms with Gasteiger partial charge in [-0.2, -0.15) is 5.10 Å². The molecule has 1 atom stereocenters. The predicted molar refractivity (Wildman–Crippen MR) is 88.5 cm³/mol. The van der Waals surface area contributed by atoms with Crippen molar-refractivity contribution in [2.75, 3.05) is 20.3 Å². The highest BCUT2D eigenvalue weighted by atomic mass is 35.5. The van der Waals surface area contributed by atoms with Crippen LogP contribution in [0.5, 0.6) is 0 Å². The number of nitrogens with zero attached hydrogens (tertiary/aromatic N) is 1. The third kappa shape index (κ3) is 4.54. The summed E-state index contributed by atoms with van der Waals surface area (Å²) in [5.41, 5.74) is 1.21. The quantitative estimate of drug-likeness (QED) is 0.723. The molecule has 2 aromatic rings. The van der Waals surface area contributed by atoms with Crippen LogP contribution in [0.3, 0.4) is 0 Å². The van der Waals surface area contributed by atoms with Crippen LogP contribution in [-0.4, -0.2) is 47.1 Å². The van der Waals surface area contributed by atoms with E-state index in [-0.39, 0.29) is 12.5 Å². The number of halogens is 1. The van der Waals surface area contributed by atoms with Gasteiger partial charge in [0, 0.05) is 24.3 Å². The van der Waals surface area contributed by atoms with Gasteiger partial charge < -0.3 is 15.2 Å². The van der Waals surface area contributed by atoms with Gasteiger partial charge in [0.15, 0.2) is 0 Å². The molecule has 0 aliphatic heterocycles. The number of aliphatic hydroxyl groups is 1. The van der Waals surface area contributed by atoms with E-state index in [0.717, 1.165) is 5.56 Å². The van der Waals surface area contributed by atoms with E-state index in [9.17, 15) is 4.79 Å². The molecular formula is C16H20ClN3O3. The summed E-state index contributed by atoms with van der Waals surface area (Å²) in [5.74, 6) is -0.300. The Hall–Kier alpha value is -1.89. The maximum atomic E-state index is 12.4. The fraction of sp³-hybridized carbons (Fsp3) is 0.375. The van der Waals surface area contributed by atoms with E-state index in [2.05, 4.69) is 15.5 Å². The second-order valence-corrected chi connectivity index (χ2v) is 6.03. The van der Waals surface area contributed by atoms with Crippen LogP contribution in [-0.2, 0) is 4.74 Å². The third-order valence-electron chi connectivity index (χ3n) is 3.50. The number of hydrogen-bond donors (Lipinski definition) is 3. The van der Waals surface area contributed by atoms with Crippen molar-refractivity contribution in [1.29, 1.82) is 0 Å². The van der Waals surface area contributed by atoms with E-state index in [0.29, 0.717) is 29.4 Å². The van der Waals surface area contributed by atoms with Crippen molar-refractivity contribution in [2.45, 2.75) is 18.9 Å². The second-order valence-electron chi connectivity index (χ2n) is 5.60. The lowest BCUT2D eigenvalue weighted by Crippen LogP contribution is -2.50. The largest absolute Gasteiger partial charge is 0.396 e. The monoisotopic (exact) mass is 337 g/mol. The summed E-state index contributed by atoms with van der Waals surface area (Å²) in [6, 6.07) is 8.87. The maximum Gasteiger partial charge on any atom is 0.269 e. The zero-order valence-electron chi connectivity index (χ0n) is 13.1. The highest BCUT2D eigenvalue weighted by molar-refractivity contribution is 6.30. The Morgan fingerprint density at radius 2 is 2.13 bits per heavy atom. The van der Waals surface area contributed by atoms with Crippen molar-refractivity contribution in [3.63, 3.8) is 0 Å². The molecule has 6 nitrogen and oxygen atoms in total. The first-order valence-electron chi connectivity index (χ1n) is 7.21. The Bertz CT molecular complexity index is 649. The molecule has 0 radical (unpaired) electrons. The average molecular weight is 338 g/mol. The molecule has 0 saturated carbocycles. The maximum absolute atomic E-state index is 12.4. The molecule has 1 amide bonds. The molecule has 1 aromatic carbocycles. The molecule has 3 N–H and O–H groups in total. The molecule has 23 heavy (non-hydrogen) atoms. The van der Waals surface area contributed by atoms with Crippen molar-refractivity contribution in [3.05, 3.63) is 41.0 Å². The topological polar surface area (TPSA) is 87.2 Å². The summed E-state index contributed by atoms with van der Waals surface area (Å²) < 4.78 is 5.12. The molecule has 0 fully saturated rings. The van der Waals surface area contributed by atoms with Gasteiger partial charge in [-0.15, -0.1) is 0 Å². The standard InChI is InChI=1S/C16H20ClN3O3/c1-16(7-8-21,10-23-2)18-15(22)14-9-13(19-20-14)11-3-5-12(17)6-4-11/h3-6,9,21H,7-8,10H2,1-2H3,(H,18,22)(H,19,20). The van der Waals surface area contributed by atoms with E-state index in [1.165, 1.54) is 0 Å². The molecule has 0 bridgehead atoms. The number of methoxy groups -OCH3 is 1. The van der Waals surface area contributed by atoms with Gasteiger partial charge in [-0.25, -0.2) is 0 Å². The normalized spacial score (nSPS) is 13.6. The second kappa shape index (κ2) is 7.59. The summed E-state index contributed by atoms with van der Waals surface area (Å²) >= 11 is 5.86. The Morgan fingerprint density at radius 1 is 1.43 bits per heavy atom. The van der Waals surface area contributed by atoms with Crippen LogP contribution in [0.2, 0.25) is 5.02 Å². The average Bonchev–Trinajstić information content (AvgIpc) is 2.98. The summed E-state index contributed by atoms with van der Waals surface area (Å²) in [4.78, 5) is 12.4. The Balaban J connectivity index is 2.13. The minimum absolute atomic E-state index is 0.0425. The van der Waals surface area contributed by atoms with Crippen LogP contribution in [0.15, 0.2) is 30.3 Å². The first kappa shape index (κ1) is 17.5. The van der Waals surface area contributed by atoms with Crippen LogP contribution < -0.4 is 5.32 Å². The molecule has 1 heterocycles. The Morgan fingerprint density at radius 3 is 2.74 bits per heavy atom. The number of nitrogens with one attached hydrogen (secondary N) is 2. The van der Waals surface area contributed by atoms with Gasteiger partial charge in [-0.1, -0.05) is 23.7 Å². The molecule has 124 valence electrons. The number of aromatic amines is 1. The van der Waals surface area contributed by atoms with Crippen LogP contribution >= 0.6 is 11.6 Å². The zero-order valence-corrected chi connectivity index (χ0v) is 13.9. The fourth-order valence-electron chi connectivity index (χ4n) is 2.28. The van der Waals surface area contributed by atoms with E-state index in [1.807, 2.05) is 19.1 Å². The van der Waals surface area contributed by atoms with Crippen LogP contribution in [0.25, 0.3) is 11.3 Å². The summed E-state index contributed by atoms with van der Waals surface area (Å²) in [6.07, 6.45) is 0.394.